The van der Waals surface area contributed by atoms with E-state index >= 15 is 0 Å². The van der Waals surface area contributed by atoms with Gasteiger partial charge in [0.1, 0.15) is 5.82 Å². The molecule has 0 fully saturated rings. The molecule has 1 nitrogen and oxygen atoms in total. The fraction of sp³-hybridized carbons (Fsp3) is 0.444. The lowest BCUT2D eigenvalue weighted by Gasteiger charge is -2.04. The smallest absolute Gasteiger partial charge is 0.141 e. The van der Waals surface area contributed by atoms with Crippen molar-refractivity contribution in [2.24, 2.45) is 0 Å². The molecule has 0 saturated carbocycles. The van der Waals surface area contributed by atoms with Crippen molar-refractivity contribution in [1.29, 1.82) is 0 Å². The van der Waals surface area contributed by atoms with Crippen molar-refractivity contribution in [3.05, 3.63) is 29.8 Å². The predicted molar refractivity (Wildman–Crippen MR) is 47.8 cm³/mol. The predicted octanol–water partition coefficient (Wildman–Crippen LogP) is 2.78. The topological polar surface area (TPSA) is 12.9 Å². The van der Waals surface area contributed by atoms with Crippen molar-refractivity contribution in [2.45, 2.75) is 25.1 Å². The molecule has 0 spiro atoms. The summed E-state index contributed by atoms with van der Waals surface area (Å²) >= 11 is 5.91. The summed E-state index contributed by atoms with van der Waals surface area (Å²) in [5.74, 6) is -0.304. The minimum absolute atomic E-state index is 0.1000. The first kappa shape index (κ1) is 9.46. The highest BCUT2D eigenvalue weighted by atomic mass is 35.5. The standard InChI is InChI=1S/C9H11ClFN/c1-2-7(10)5-9-4-3-8(11)6-12-9/h3-4,6-7H,2,5H2,1H3. The Labute approximate surface area is 76.6 Å². The summed E-state index contributed by atoms with van der Waals surface area (Å²) in [5.41, 5.74) is 0.846. The number of halogens is 2. The van der Waals surface area contributed by atoms with Crippen LogP contribution in [0.25, 0.3) is 0 Å². The molecule has 0 aliphatic heterocycles. The zero-order chi connectivity index (χ0) is 8.97. The number of hydrogen-bond acceptors (Lipinski definition) is 1. The van der Waals surface area contributed by atoms with E-state index in [1.165, 1.54) is 12.3 Å². The van der Waals surface area contributed by atoms with E-state index in [1.807, 2.05) is 6.92 Å². The molecule has 0 N–H and O–H groups in total. The van der Waals surface area contributed by atoms with Gasteiger partial charge < -0.3 is 0 Å². The van der Waals surface area contributed by atoms with Gasteiger partial charge in [-0.15, -0.1) is 11.6 Å². The number of pyridine rings is 1. The molecule has 0 amide bonds. The Morgan fingerprint density at radius 3 is 2.83 bits per heavy atom. The Kier molecular flexibility index (Phi) is 3.48. The Balaban J connectivity index is 2.58. The average molecular weight is 188 g/mol. The molecule has 1 unspecified atom stereocenters. The van der Waals surface area contributed by atoms with E-state index in [-0.39, 0.29) is 11.2 Å². The van der Waals surface area contributed by atoms with Gasteiger partial charge in [-0.2, -0.15) is 0 Å². The molecule has 0 aliphatic rings. The lowest BCUT2D eigenvalue weighted by atomic mass is 10.2. The first-order chi connectivity index (χ1) is 5.72. The largest absolute Gasteiger partial charge is 0.258 e. The highest BCUT2D eigenvalue weighted by molar-refractivity contribution is 6.20. The third-order valence-electron chi connectivity index (χ3n) is 1.66. The van der Waals surface area contributed by atoms with Gasteiger partial charge in [-0.25, -0.2) is 4.39 Å². The fourth-order valence-corrected chi connectivity index (χ4v) is 1.06. The molecule has 0 bridgehead atoms. The summed E-state index contributed by atoms with van der Waals surface area (Å²) in [4.78, 5) is 3.91. The molecule has 12 heavy (non-hydrogen) atoms. The third kappa shape index (κ3) is 2.78. The monoisotopic (exact) mass is 187 g/mol. The maximum Gasteiger partial charge on any atom is 0.141 e. The van der Waals surface area contributed by atoms with Crippen molar-refractivity contribution in [2.75, 3.05) is 0 Å². The van der Waals surface area contributed by atoms with Crippen LogP contribution in [0.3, 0.4) is 0 Å². The van der Waals surface area contributed by atoms with Gasteiger partial charge in [-0.3, -0.25) is 4.98 Å². The number of nitrogens with zero attached hydrogens (tertiary/aromatic N) is 1. The van der Waals surface area contributed by atoms with E-state index in [2.05, 4.69) is 4.98 Å². The molecule has 1 aromatic heterocycles. The molecule has 66 valence electrons. The maximum atomic E-state index is 12.4. The lowest BCUT2D eigenvalue weighted by Crippen LogP contribution is -2.02. The minimum atomic E-state index is -0.304. The van der Waals surface area contributed by atoms with E-state index < -0.39 is 0 Å². The SMILES string of the molecule is CCC(Cl)Cc1ccc(F)cn1. The Morgan fingerprint density at radius 1 is 1.58 bits per heavy atom. The van der Waals surface area contributed by atoms with Gasteiger partial charge in [0.15, 0.2) is 0 Å². The molecule has 0 saturated heterocycles. The summed E-state index contributed by atoms with van der Waals surface area (Å²) in [7, 11) is 0. The second-order valence-electron chi connectivity index (χ2n) is 2.68. The maximum absolute atomic E-state index is 12.4. The first-order valence-corrected chi connectivity index (χ1v) is 4.40. The molecule has 1 aromatic rings. The van der Waals surface area contributed by atoms with Gasteiger partial charge in [0, 0.05) is 17.5 Å². The molecule has 1 rings (SSSR count). The Hall–Kier alpha value is -0.630. The van der Waals surface area contributed by atoms with E-state index in [0.717, 1.165) is 12.1 Å². The summed E-state index contributed by atoms with van der Waals surface area (Å²) in [6.45, 7) is 2.02. The van der Waals surface area contributed by atoms with Gasteiger partial charge in [0.2, 0.25) is 0 Å². The van der Waals surface area contributed by atoms with Crippen LogP contribution in [-0.2, 0) is 6.42 Å². The van der Waals surface area contributed by atoms with E-state index in [4.69, 9.17) is 11.6 Å². The number of alkyl halides is 1. The zero-order valence-corrected chi connectivity index (χ0v) is 7.68. The Morgan fingerprint density at radius 2 is 2.33 bits per heavy atom. The second-order valence-corrected chi connectivity index (χ2v) is 3.29. The third-order valence-corrected chi connectivity index (χ3v) is 2.13. The van der Waals surface area contributed by atoms with Crippen molar-refractivity contribution in [3.63, 3.8) is 0 Å². The van der Waals surface area contributed by atoms with Crippen LogP contribution in [0.2, 0.25) is 0 Å². The molecule has 3 heteroatoms. The van der Waals surface area contributed by atoms with Crippen LogP contribution in [0, 0.1) is 5.82 Å². The second kappa shape index (κ2) is 4.41. The molecule has 0 aromatic carbocycles. The zero-order valence-electron chi connectivity index (χ0n) is 6.93. The van der Waals surface area contributed by atoms with Crippen LogP contribution in [-0.4, -0.2) is 10.4 Å². The van der Waals surface area contributed by atoms with Crippen LogP contribution in [0.15, 0.2) is 18.3 Å². The summed E-state index contributed by atoms with van der Waals surface area (Å²) < 4.78 is 12.4. The highest BCUT2D eigenvalue weighted by Crippen LogP contribution is 2.09. The molecular formula is C9H11ClFN. The number of aromatic nitrogens is 1. The normalized spacial score (nSPS) is 12.9. The summed E-state index contributed by atoms with van der Waals surface area (Å²) in [6.07, 6.45) is 2.83. The fourth-order valence-electron chi connectivity index (χ4n) is 0.898. The van der Waals surface area contributed by atoms with Crippen LogP contribution < -0.4 is 0 Å². The number of hydrogen-bond donors (Lipinski definition) is 0. The van der Waals surface area contributed by atoms with Gasteiger partial charge in [-0.1, -0.05) is 6.92 Å². The molecule has 0 radical (unpaired) electrons. The first-order valence-electron chi connectivity index (χ1n) is 3.97. The van der Waals surface area contributed by atoms with Gasteiger partial charge in [0.05, 0.1) is 6.20 Å². The van der Waals surface area contributed by atoms with Crippen molar-refractivity contribution in [1.82, 2.24) is 4.98 Å². The molecule has 0 aliphatic carbocycles. The van der Waals surface area contributed by atoms with Crippen molar-refractivity contribution >= 4 is 11.6 Å². The van der Waals surface area contributed by atoms with Crippen molar-refractivity contribution in [3.8, 4) is 0 Å². The van der Waals surface area contributed by atoms with Gasteiger partial charge in [0.25, 0.3) is 0 Å². The van der Waals surface area contributed by atoms with E-state index in [0.29, 0.717) is 6.42 Å². The van der Waals surface area contributed by atoms with E-state index in [9.17, 15) is 4.39 Å². The van der Waals surface area contributed by atoms with Crippen LogP contribution >= 0.6 is 11.6 Å². The highest BCUT2D eigenvalue weighted by Gasteiger charge is 2.03. The molecule has 1 atom stereocenters. The Bertz CT molecular complexity index is 235. The molecular weight excluding hydrogens is 177 g/mol. The van der Waals surface area contributed by atoms with Crippen LogP contribution in [0.5, 0.6) is 0 Å². The summed E-state index contributed by atoms with van der Waals surface area (Å²) in [5, 5.41) is 0.1000. The average Bonchev–Trinajstić information content (AvgIpc) is 2.09. The quantitative estimate of drug-likeness (QED) is 0.664. The lowest BCUT2D eigenvalue weighted by molar-refractivity contribution is 0.618. The van der Waals surface area contributed by atoms with Gasteiger partial charge >= 0.3 is 0 Å². The minimum Gasteiger partial charge on any atom is -0.258 e. The van der Waals surface area contributed by atoms with Crippen molar-refractivity contribution < 1.29 is 4.39 Å². The van der Waals surface area contributed by atoms with Crippen LogP contribution in [0.4, 0.5) is 4.39 Å². The van der Waals surface area contributed by atoms with Crippen LogP contribution in [0.1, 0.15) is 19.0 Å². The molecule has 1 heterocycles. The van der Waals surface area contributed by atoms with E-state index in [1.54, 1.807) is 6.07 Å². The van der Waals surface area contributed by atoms with Gasteiger partial charge in [-0.05, 0) is 18.6 Å². The number of rotatable bonds is 3. The summed E-state index contributed by atoms with van der Waals surface area (Å²) in [6, 6.07) is 3.07.